The molecule has 1 N–H and O–H groups in total. The Morgan fingerprint density at radius 2 is 1.69 bits per heavy atom. The summed E-state index contributed by atoms with van der Waals surface area (Å²) in [5.74, 6) is 1.65. The van der Waals surface area contributed by atoms with Crippen LogP contribution in [-0.2, 0) is 7.05 Å². The molecule has 0 aliphatic rings. The molecule has 8 nitrogen and oxygen atoms in total. The summed E-state index contributed by atoms with van der Waals surface area (Å²) in [6.45, 7) is 1.89. The van der Waals surface area contributed by atoms with Crippen LogP contribution in [0.1, 0.15) is 5.69 Å². The van der Waals surface area contributed by atoms with E-state index in [1.165, 1.54) is 6.33 Å². The monoisotopic (exact) mass is 391 g/mol. The van der Waals surface area contributed by atoms with Gasteiger partial charge in [-0.15, -0.1) is 0 Å². The average molecular weight is 391 g/mol. The molecule has 0 saturated carbocycles. The molecular weight excluding hydrogens is 370 g/mol. The van der Waals surface area contributed by atoms with Crippen LogP contribution in [0.15, 0.2) is 53.6 Å². The van der Waals surface area contributed by atoms with E-state index in [4.69, 9.17) is 9.47 Å². The van der Waals surface area contributed by atoms with Crippen molar-refractivity contribution in [3.8, 4) is 17.2 Å². The molecule has 0 fully saturated rings. The molecule has 0 unspecified atom stereocenters. The first-order chi connectivity index (χ1) is 14.0. The fourth-order valence-electron chi connectivity index (χ4n) is 3.31. The summed E-state index contributed by atoms with van der Waals surface area (Å²) in [7, 11) is 4.99. The topological polar surface area (TPSA) is 83.2 Å². The molecule has 0 bridgehead atoms. The van der Waals surface area contributed by atoms with Crippen LogP contribution in [0, 0.1) is 6.92 Å². The first kappa shape index (κ1) is 18.5. The molecule has 4 aromatic rings. The van der Waals surface area contributed by atoms with Crippen LogP contribution >= 0.6 is 0 Å². The molecule has 0 amide bonds. The molecule has 0 atom stereocenters. The fraction of sp³-hybridized carbons (Fsp3) is 0.190. The molecule has 2 heterocycles. The van der Waals surface area contributed by atoms with Gasteiger partial charge < -0.3 is 14.8 Å². The molecule has 0 spiro atoms. The highest BCUT2D eigenvalue weighted by Gasteiger charge is 2.18. The number of fused-ring (bicyclic) bond motifs is 1. The predicted octanol–water partition coefficient (Wildman–Crippen LogP) is 3.19. The zero-order valence-corrected chi connectivity index (χ0v) is 16.6. The largest absolute Gasteiger partial charge is 0.493 e. The summed E-state index contributed by atoms with van der Waals surface area (Å²) in [5.41, 5.74) is 2.54. The van der Waals surface area contributed by atoms with Crippen molar-refractivity contribution in [1.29, 1.82) is 0 Å². The number of ether oxygens (including phenoxy) is 2. The Morgan fingerprint density at radius 1 is 1.00 bits per heavy atom. The summed E-state index contributed by atoms with van der Waals surface area (Å²) in [5, 5.41) is 3.92. The number of nitrogens with one attached hydrogen (secondary N) is 1. The van der Waals surface area contributed by atoms with Gasteiger partial charge in [0.15, 0.2) is 11.5 Å². The fourth-order valence-corrected chi connectivity index (χ4v) is 3.31. The van der Waals surface area contributed by atoms with Crippen molar-refractivity contribution in [2.24, 2.45) is 7.05 Å². The number of para-hydroxylation sites is 1. The maximum Gasteiger partial charge on any atom is 0.295 e. The number of benzene rings is 2. The van der Waals surface area contributed by atoms with Gasteiger partial charge in [0, 0.05) is 18.5 Å². The minimum atomic E-state index is -0.163. The van der Waals surface area contributed by atoms with E-state index in [-0.39, 0.29) is 5.56 Å². The quantitative estimate of drug-likeness (QED) is 0.563. The second-order valence-corrected chi connectivity index (χ2v) is 6.51. The van der Waals surface area contributed by atoms with Gasteiger partial charge >= 0.3 is 0 Å². The minimum absolute atomic E-state index is 0.163. The van der Waals surface area contributed by atoms with Gasteiger partial charge in [-0.25, -0.2) is 14.6 Å². The number of nitrogens with zero attached hydrogens (tertiary/aromatic N) is 4. The highest BCUT2D eigenvalue weighted by molar-refractivity contribution is 5.93. The number of aromatic nitrogens is 4. The summed E-state index contributed by atoms with van der Waals surface area (Å²) in [6, 6.07) is 13.1. The van der Waals surface area contributed by atoms with Crippen LogP contribution in [0.2, 0.25) is 0 Å². The lowest BCUT2D eigenvalue weighted by Crippen LogP contribution is -2.20. The summed E-state index contributed by atoms with van der Waals surface area (Å²) in [6.07, 6.45) is 1.45. The van der Waals surface area contributed by atoms with Gasteiger partial charge in [-0.3, -0.25) is 9.48 Å². The standard InChI is InChI=1S/C21H21N5O3/c1-13-19(21(27)26(25(13)2)14-8-6-5-7-9-14)24-20-15-10-17(28-3)18(29-4)11-16(15)22-12-23-20/h5-12H,1-4H3,(H,22,23,24). The van der Waals surface area contributed by atoms with Crippen LogP contribution in [-0.4, -0.2) is 33.6 Å². The van der Waals surface area contributed by atoms with E-state index in [0.29, 0.717) is 28.5 Å². The van der Waals surface area contributed by atoms with Gasteiger partial charge in [-0.1, -0.05) is 18.2 Å². The van der Waals surface area contributed by atoms with E-state index in [9.17, 15) is 4.79 Å². The maximum absolute atomic E-state index is 13.2. The maximum atomic E-state index is 13.2. The third-order valence-corrected chi connectivity index (χ3v) is 4.94. The Hall–Kier alpha value is -3.81. The van der Waals surface area contributed by atoms with E-state index < -0.39 is 0 Å². The molecule has 0 aliphatic carbocycles. The average Bonchev–Trinajstić information content (AvgIpc) is 2.96. The number of rotatable bonds is 5. The van der Waals surface area contributed by atoms with Crippen molar-refractivity contribution in [2.45, 2.75) is 6.92 Å². The number of methoxy groups -OCH3 is 2. The lowest BCUT2D eigenvalue weighted by molar-refractivity contribution is 0.356. The van der Waals surface area contributed by atoms with Crippen LogP contribution in [0.3, 0.4) is 0 Å². The Bertz CT molecular complexity index is 1240. The number of anilines is 2. The van der Waals surface area contributed by atoms with E-state index in [2.05, 4.69) is 15.3 Å². The summed E-state index contributed by atoms with van der Waals surface area (Å²) < 4.78 is 14.2. The van der Waals surface area contributed by atoms with Crippen molar-refractivity contribution in [3.63, 3.8) is 0 Å². The van der Waals surface area contributed by atoms with Gasteiger partial charge in [-0.2, -0.15) is 0 Å². The predicted molar refractivity (Wildman–Crippen MR) is 112 cm³/mol. The molecule has 148 valence electrons. The van der Waals surface area contributed by atoms with Crippen LogP contribution in [0.5, 0.6) is 11.5 Å². The van der Waals surface area contributed by atoms with Crippen molar-refractivity contribution in [1.82, 2.24) is 19.3 Å². The van der Waals surface area contributed by atoms with E-state index in [0.717, 1.165) is 16.8 Å². The van der Waals surface area contributed by atoms with Gasteiger partial charge in [0.2, 0.25) is 0 Å². The van der Waals surface area contributed by atoms with Gasteiger partial charge in [0.25, 0.3) is 5.56 Å². The third kappa shape index (κ3) is 3.08. The van der Waals surface area contributed by atoms with E-state index >= 15 is 0 Å². The molecule has 8 heteroatoms. The molecule has 0 aliphatic heterocycles. The van der Waals surface area contributed by atoms with Crippen molar-refractivity contribution in [2.75, 3.05) is 19.5 Å². The van der Waals surface area contributed by atoms with E-state index in [1.54, 1.807) is 31.0 Å². The summed E-state index contributed by atoms with van der Waals surface area (Å²) >= 11 is 0. The Balaban J connectivity index is 1.85. The molecule has 29 heavy (non-hydrogen) atoms. The zero-order valence-electron chi connectivity index (χ0n) is 16.6. The Labute approximate surface area is 167 Å². The third-order valence-electron chi connectivity index (χ3n) is 4.94. The second kappa shape index (κ2) is 7.31. The second-order valence-electron chi connectivity index (χ2n) is 6.51. The minimum Gasteiger partial charge on any atom is -0.493 e. The molecule has 2 aromatic heterocycles. The lowest BCUT2D eigenvalue weighted by atomic mass is 10.2. The smallest absolute Gasteiger partial charge is 0.295 e. The number of hydrogen-bond acceptors (Lipinski definition) is 6. The highest BCUT2D eigenvalue weighted by Crippen LogP contribution is 2.34. The Kier molecular flexibility index (Phi) is 4.67. The molecule has 0 radical (unpaired) electrons. The van der Waals surface area contributed by atoms with Crippen LogP contribution in [0.4, 0.5) is 11.5 Å². The zero-order chi connectivity index (χ0) is 20.5. The SMILES string of the molecule is COc1cc2ncnc(Nc3c(C)n(C)n(-c4ccccc4)c3=O)c2cc1OC. The summed E-state index contributed by atoms with van der Waals surface area (Å²) in [4.78, 5) is 21.8. The molecule has 0 saturated heterocycles. The van der Waals surface area contributed by atoms with Crippen molar-refractivity contribution in [3.05, 3.63) is 64.8 Å². The Morgan fingerprint density at radius 3 is 2.38 bits per heavy atom. The van der Waals surface area contributed by atoms with Gasteiger partial charge in [-0.05, 0) is 25.1 Å². The normalized spacial score (nSPS) is 10.9. The van der Waals surface area contributed by atoms with Crippen LogP contribution in [0.25, 0.3) is 16.6 Å². The first-order valence-corrected chi connectivity index (χ1v) is 9.03. The molecular formula is C21H21N5O3. The van der Waals surface area contributed by atoms with Gasteiger partial charge in [0.05, 0.1) is 31.1 Å². The first-order valence-electron chi connectivity index (χ1n) is 9.03. The van der Waals surface area contributed by atoms with Crippen LogP contribution < -0.4 is 20.3 Å². The lowest BCUT2D eigenvalue weighted by Gasteiger charge is -2.11. The molecule has 4 rings (SSSR count). The number of hydrogen-bond donors (Lipinski definition) is 1. The van der Waals surface area contributed by atoms with E-state index in [1.807, 2.05) is 49.0 Å². The van der Waals surface area contributed by atoms with Crippen molar-refractivity contribution < 1.29 is 9.47 Å². The highest BCUT2D eigenvalue weighted by atomic mass is 16.5. The molecule has 2 aromatic carbocycles. The van der Waals surface area contributed by atoms with Crippen molar-refractivity contribution >= 4 is 22.4 Å². The van der Waals surface area contributed by atoms with Gasteiger partial charge in [0.1, 0.15) is 17.8 Å².